The van der Waals surface area contributed by atoms with Gasteiger partial charge in [-0.05, 0) is 18.6 Å². The average Bonchev–Trinajstić information content (AvgIpc) is 2.87. The van der Waals surface area contributed by atoms with Gasteiger partial charge in [0.2, 0.25) is 5.13 Å². The second kappa shape index (κ2) is 6.16. The minimum Gasteiger partial charge on any atom is -0.353 e. The lowest BCUT2D eigenvalue weighted by Gasteiger charge is -2.21. The fourth-order valence-electron chi connectivity index (χ4n) is 2.45. The molecule has 0 aliphatic carbocycles. The normalized spacial score (nSPS) is 16.7. The Hall–Kier alpha value is -1.76. The molecule has 3 heterocycles. The molecule has 0 saturated carbocycles. The monoisotopic (exact) mass is 318 g/mol. The minimum atomic E-state index is 0.00621. The molecule has 1 aliphatic heterocycles. The largest absolute Gasteiger partial charge is 0.353 e. The highest BCUT2D eigenvalue weighted by Crippen LogP contribution is 2.26. The molecule has 1 fully saturated rings. The summed E-state index contributed by atoms with van der Waals surface area (Å²) in [4.78, 5) is 9.36. The minimum absolute atomic E-state index is 0.00621. The lowest BCUT2D eigenvalue weighted by molar-refractivity contribution is 0.554. The van der Waals surface area contributed by atoms with Gasteiger partial charge < -0.3 is 9.80 Å². The highest BCUT2D eigenvalue weighted by atomic mass is 32.1. The van der Waals surface area contributed by atoms with Crippen LogP contribution in [0.25, 0.3) is 0 Å². The van der Waals surface area contributed by atoms with Crippen molar-refractivity contribution < 1.29 is 0 Å². The molecular weight excluding hydrogens is 296 g/mol. The first-order valence-electron chi connectivity index (χ1n) is 7.66. The average molecular weight is 318 g/mol. The molecule has 0 N–H and O–H groups in total. The standard InChI is InChI=1S/C15H22N6S/c1-15(2,3)13-17-14(22-19-13)21-9-5-8-20(10-11-21)12-6-4-7-16-18-12/h4,6-7H,5,8-11H2,1-3H3. The molecule has 0 spiro atoms. The van der Waals surface area contributed by atoms with Crippen molar-refractivity contribution in [3.8, 4) is 0 Å². The van der Waals surface area contributed by atoms with Gasteiger partial charge in [0.25, 0.3) is 0 Å². The highest BCUT2D eigenvalue weighted by Gasteiger charge is 2.23. The Morgan fingerprint density at radius 2 is 1.86 bits per heavy atom. The first-order valence-corrected chi connectivity index (χ1v) is 8.43. The van der Waals surface area contributed by atoms with Gasteiger partial charge in [0.15, 0.2) is 5.82 Å². The summed E-state index contributed by atoms with van der Waals surface area (Å²) in [6.07, 6.45) is 2.80. The van der Waals surface area contributed by atoms with Crippen molar-refractivity contribution in [3.05, 3.63) is 24.2 Å². The molecule has 7 heteroatoms. The Morgan fingerprint density at radius 1 is 1.09 bits per heavy atom. The zero-order chi connectivity index (χ0) is 15.6. The van der Waals surface area contributed by atoms with Crippen LogP contribution < -0.4 is 9.80 Å². The van der Waals surface area contributed by atoms with Gasteiger partial charge in [-0.3, -0.25) is 0 Å². The molecule has 0 amide bonds. The van der Waals surface area contributed by atoms with Gasteiger partial charge >= 0.3 is 0 Å². The second-order valence-electron chi connectivity index (χ2n) is 6.56. The van der Waals surface area contributed by atoms with E-state index in [1.807, 2.05) is 12.1 Å². The summed E-state index contributed by atoms with van der Waals surface area (Å²) in [5, 5.41) is 9.22. The summed E-state index contributed by atoms with van der Waals surface area (Å²) < 4.78 is 4.52. The highest BCUT2D eigenvalue weighted by molar-refractivity contribution is 7.09. The summed E-state index contributed by atoms with van der Waals surface area (Å²) in [6, 6.07) is 3.96. The maximum atomic E-state index is 4.73. The second-order valence-corrected chi connectivity index (χ2v) is 7.29. The van der Waals surface area contributed by atoms with Crippen LogP contribution >= 0.6 is 11.5 Å². The zero-order valence-electron chi connectivity index (χ0n) is 13.4. The van der Waals surface area contributed by atoms with Crippen LogP contribution in [0.3, 0.4) is 0 Å². The zero-order valence-corrected chi connectivity index (χ0v) is 14.2. The van der Waals surface area contributed by atoms with Crippen LogP contribution in [0.15, 0.2) is 18.3 Å². The van der Waals surface area contributed by atoms with E-state index in [0.717, 1.165) is 49.4 Å². The number of hydrogen-bond acceptors (Lipinski definition) is 7. The smallest absolute Gasteiger partial charge is 0.205 e. The van der Waals surface area contributed by atoms with E-state index in [2.05, 4.69) is 45.1 Å². The maximum absolute atomic E-state index is 4.73. The van der Waals surface area contributed by atoms with Crippen molar-refractivity contribution in [1.82, 2.24) is 19.6 Å². The predicted octanol–water partition coefficient (Wildman–Crippen LogP) is 2.34. The van der Waals surface area contributed by atoms with Crippen LogP contribution in [0.1, 0.15) is 33.0 Å². The van der Waals surface area contributed by atoms with E-state index in [9.17, 15) is 0 Å². The van der Waals surface area contributed by atoms with Crippen molar-refractivity contribution in [2.75, 3.05) is 36.0 Å². The summed E-state index contributed by atoms with van der Waals surface area (Å²) in [5.74, 6) is 1.89. The van der Waals surface area contributed by atoms with Crippen LogP contribution in [0.5, 0.6) is 0 Å². The number of anilines is 2. The maximum Gasteiger partial charge on any atom is 0.205 e. The molecule has 1 saturated heterocycles. The summed E-state index contributed by atoms with van der Waals surface area (Å²) in [6.45, 7) is 10.3. The molecule has 3 rings (SSSR count). The molecule has 0 atom stereocenters. The lowest BCUT2D eigenvalue weighted by Crippen LogP contribution is -2.31. The van der Waals surface area contributed by atoms with Crippen LogP contribution in [0.4, 0.5) is 10.9 Å². The van der Waals surface area contributed by atoms with Gasteiger partial charge in [0.1, 0.15) is 5.82 Å². The van der Waals surface area contributed by atoms with Crippen LogP contribution in [0, 0.1) is 0 Å². The molecule has 0 bridgehead atoms. The Morgan fingerprint density at radius 3 is 2.55 bits per heavy atom. The predicted molar refractivity (Wildman–Crippen MR) is 89.7 cm³/mol. The van der Waals surface area contributed by atoms with Crippen molar-refractivity contribution in [3.63, 3.8) is 0 Å². The van der Waals surface area contributed by atoms with E-state index in [1.165, 1.54) is 11.5 Å². The van der Waals surface area contributed by atoms with Crippen LogP contribution in [-0.4, -0.2) is 45.7 Å². The Labute approximate surface area is 135 Å². The third kappa shape index (κ3) is 3.35. The van der Waals surface area contributed by atoms with Gasteiger partial charge in [-0.15, -0.1) is 5.10 Å². The quantitative estimate of drug-likeness (QED) is 0.847. The fourth-order valence-corrected chi connectivity index (χ4v) is 3.36. The van der Waals surface area contributed by atoms with E-state index < -0.39 is 0 Å². The number of aromatic nitrogens is 4. The SMILES string of the molecule is CC(C)(C)c1nsc(N2CCCN(c3cccnn3)CC2)n1. The van der Waals surface area contributed by atoms with E-state index in [1.54, 1.807) is 6.20 Å². The van der Waals surface area contributed by atoms with Gasteiger partial charge in [-0.25, -0.2) is 4.98 Å². The third-order valence-corrected chi connectivity index (χ3v) is 4.51. The molecule has 1 aliphatic rings. The third-order valence-electron chi connectivity index (χ3n) is 3.73. The molecule has 2 aromatic rings. The van der Waals surface area contributed by atoms with Crippen LogP contribution in [0.2, 0.25) is 0 Å². The summed E-state index contributed by atoms with van der Waals surface area (Å²) in [5.41, 5.74) is 0.00621. The van der Waals surface area contributed by atoms with Gasteiger partial charge in [0, 0.05) is 49.3 Å². The van der Waals surface area contributed by atoms with Crippen molar-refractivity contribution >= 4 is 22.5 Å². The Kier molecular flexibility index (Phi) is 4.24. The van der Waals surface area contributed by atoms with E-state index in [0.29, 0.717) is 0 Å². The van der Waals surface area contributed by atoms with E-state index in [-0.39, 0.29) is 5.41 Å². The molecule has 2 aromatic heterocycles. The Balaban J connectivity index is 1.69. The van der Waals surface area contributed by atoms with Gasteiger partial charge in [0.05, 0.1) is 0 Å². The number of hydrogen-bond donors (Lipinski definition) is 0. The first-order chi connectivity index (χ1) is 10.5. The van der Waals surface area contributed by atoms with Crippen LogP contribution in [-0.2, 0) is 5.41 Å². The molecule has 0 radical (unpaired) electrons. The van der Waals surface area contributed by atoms with Gasteiger partial charge in [-0.2, -0.15) is 9.47 Å². The number of nitrogens with zero attached hydrogens (tertiary/aromatic N) is 6. The Bertz CT molecular complexity index is 606. The summed E-state index contributed by atoms with van der Waals surface area (Å²) >= 11 is 1.51. The van der Waals surface area contributed by atoms with E-state index >= 15 is 0 Å². The lowest BCUT2D eigenvalue weighted by atomic mass is 9.96. The molecule has 6 nitrogen and oxygen atoms in total. The van der Waals surface area contributed by atoms with Gasteiger partial charge in [-0.1, -0.05) is 20.8 Å². The van der Waals surface area contributed by atoms with E-state index in [4.69, 9.17) is 4.98 Å². The molecule has 22 heavy (non-hydrogen) atoms. The first kappa shape index (κ1) is 15.1. The molecule has 0 aromatic carbocycles. The van der Waals surface area contributed by atoms with Crippen molar-refractivity contribution in [2.24, 2.45) is 0 Å². The van der Waals surface area contributed by atoms with Crippen molar-refractivity contribution in [1.29, 1.82) is 0 Å². The topological polar surface area (TPSA) is 58.0 Å². The summed E-state index contributed by atoms with van der Waals surface area (Å²) in [7, 11) is 0. The molecule has 0 unspecified atom stereocenters. The fraction of sp³-hybridized carbons (Fsp3) is 0.600. The molecule has 118 valence electrons. The number of rotatable bonds is 2. The molecular formula is C15H22N6S. The van der Waals surface area contributed by atoms with Crippen molar-refractivity contribution in [2.45, 2.75) is 32.6 Å².